The maximum Gasteiger partial charge on any atom is 0.338 e. The Balaban J connectivity index is 1.54. The van der Waals surface area contributed by atoms with Gasteiger partial charge in [-0.15, -0.1) is 11.3 Å². The van der Waals surface area contributed by atoms with Crippen molar-refractivity contribution in [1.29, 1.82) is 0 Å². The van der Waals surface area contributed by atoms with Gasteiger partial charge in [0.15, 0.2) is 0 Å². The number of carbonyl (C=O) groups excluding carboxylic acids is 1. The zero-order valence-corrected chi connectivity index (χ0v) is 15.9. The third-order valence-corrected chi connectivity index (χ3v) is 6.03. The first kappa shape index (κ1) is 18.3. The van der Waals surface area contributed by atoms with E-state index in [1.807, 2.05) is 0 Å². The number of aromatic amines is 1. The minimum atomic E-state index is -0.633. The van der Waals surface area contributed by atoms with Crippen LogP contribution in [-0.4, -0.2) is 20.9 Å². The third-order valence-electron chi connectivity index (χ3n) is 4.84. The number of fused-ring (bicyclic) bond motifs is 3. The predicted molar refractivity (Wildman–Crippen MR) is 104 cm³/mol. The molecule has 8 nitrogen and oxygen atoms in total. The summed E-state index contributed by atoms with van der Waals surface area (Å²) < 4.78 is 5.24. The molecule has 0 aliphatic heterocycles. The summed E-state index contributed by atoms with van der Waals surface area (Å²) in [7, 11) is 0. The number of thiophene rings is 1. The molecule has 28 heavy (non-hydrogen) atoms. The van der Waals surface area contributed by atoms with E-state index in [0.717, 1.165) is 31.2 Å². The van der Waals surface area contributed by atoms with Crippen LogP contribution < -0.4 is 5.56 Å². The van der Waals surface area contributed by atoms with Crippen LogP contribution in [0.3, 0.4) is 0 Å². The number of nitrogens with zero attached hydrogens (tertiary/aromatic N) is 2. The SMILES string of the molecule is Cc1cc(C(=O)OCc2nc3sc4c(c3c(=O)[nH]2)CCCC4)ccc1[N+](=O)[O-]. The van der Waals surface area contributed by atoms with E-state index in [4.69, 9.17) is 4.74 Å². The number of esters is 1. The molecule has 4 rings (SSSR count). The molecule has 0 unspecified atom stereocenters. The number of aryl methyl sites for hydroxylation is 3. The van der Waals surface area contributed by atoms with Gasteiger partial charge in [-0.25, -0.2) is 9.78 Å². The number of carbonyl (C=O) groups is 1. The molecule has 1 aromatic carbocycles. The van der Waals surface area contributed by atoms with Gasteiger partial charge in [0.05, 0.1) is 15.9 Å². The topological polar surface area (TPSA) is 115 Å². The highest BCUT2D eigenvalue weighted by atomic mass is 32.1. The number of hydrogen-bond acceptors (Lipinski definition) is 7. The van der Waals surface area contributed by atoms with Gasteiger partial charge in [0.25, 0.3) is 11.2 Å². The lowest BCUT2D eigenvalue weighted by molar-refractivity contribution is -0.385. The van der Waals surface area contributed by atoms with E-state index >= 15 is 0 Å². The number of nitro benzene ring substituents is 1. The summed E-state index contributed by atoms with van der Waals surface area (Å²) in [5.74, 6) is -0.353. The molecule has 0 bridgehead atoms. The number of ether oxygens (including phenoxy) is 1. The molecule has 0 fully saturated rings. The quantitative estimate of drug-likeness (QED) is 0.408. The summed E-state index contributed by atoms with van der Waals surface area (Å²) in [6, 6.07) is 4.03. The van der Waals surface area contributed by atoms with Gasteiger partial charge >= 0.3 is 5.97 Å². The van der Waals surface area contributed by atoms with E-state index in [-0.39, 0.29) is 29.2 Å². The van der Waals surface area contributed by atoms with Crippen LogP contribution in [0.15, 0.2) is 23.0 Å². The first-order chi connectivity index (χ1) is 13.4. The van der Waals surface area contributed by atoms with Crippen LogP contribution >= 0.6 is 11.3 Å². The summed E-state index contributed by atoms with van der Waals surface area (Å²) in [6.07, 6.45) is 4.07. The first-order valence-electron chi connectivity index (χ1n) is 8.89. The van der Waals surface area contributed by atoms with E-state index in [1.54, 1.807) is 6.92 Å². The Morgan fingerprint density at radius 3 is 2.89 bits per heavy atom. The van der Waals surface area contributed by atoms with Crippen LogP contribution in [-0.2, 0) is 24.2 Å². The molecular weight excluding hydrogens is 382 g/mol. The molecule has 1 aliphatic carbocycles. The lowest BCUT2D eigenvalue weighted by atomic mass is 9.97. The van der Waals surface area contributed by atoms with E-state index in [2.05, 4.69) is 9.97 Å². The monoisotopic (exact) mass is 399 g/mol. The van der Waals surface area contributed by atoms with E-state index in [1.165, 1.54) is 34.4 Å². The van der Waals surface area contributed by atoms with Gasteiger partial charge in [0.2, 0.25) is 0 Å². The fourth-order valence-corrected chi connectivity index (χ4v) is 4.76. The van der Waals surface area contributed by atoms with Gasteiger partial charge in [-0.2, -0.15) is 0 Å². The maximum absolute atomic E-state index is 12.5. The molecule has 1 N–H and O–H groups in total. The summed E-state index contributed by atoms with van der Waals surface area (Å²) in [4.78, 5) is 44.2. The van der Waals surface area contributed by atoms with Crippen molar-refractivity contribution in [2.75, 3.05) is 0 Å². The summed E-state index contributed by atoms with van der Waals surface area (Å²) in [5.41, 5.74) is 1.41. The number of hydrogen-bond donors (Lipinski definition) is 1. The first-order valence-corrected chi connectivity index (χ1v) is 9.71. The normalized spacial score (nSPS) is 13.3. The highest BCUT2D eigenvalue weighted by Gasteiger charge is 2.20. The molecule has 0 amide bonds. The van der Waals surface area contributed by atoms with Crippen molar-refractivity contribution in [2.24, 2.45) is 0 Å². The minimum absolute atomic E-state index is 0.0605. The lowest BCUT2D eigenvalue weighted by Gasteiger charge is -2.09. The van der Waals surface area contributed by atoms with Gasteiger partial charge in [-0.1, -0.05) is 0 Å². The number of H-pyrrole nitrogens is 1. The van der Waals surface area contributed by atoms with Crippen LogP contribution in [0, 0.1) is 17.0 Å². The van der Waals surface area contributed by atoms with Crippen molar-refractivity contribution in [3.63, 3.8) is 0 Å². The second kappa shape index (κ2) is 7.16. The van der Waals surface area contributed by atoms with Crippen LogP contribution in [0.1, 0.15) is 45.0 Å². The van der Waals surface area contributed by atoms with Crippen molar-refractivity contribution in [3.05, 3.63) is 66.1 Å². The van der Waals surface area contributed by atoms with Crippen LogP contribution in [0.5, 0.6) is 0 Å². The second-order valence-corrected chi connectivity index (χ2v) is 7.82. The summed E-state index contributed by atoms with van der Waals surface area (Å²) in [5, 5.41) is 11.5. The standard InChI is InChI=1S/C19H17N3O5S/c1-10-8-11(6-7-13(10)22(25)26)19(24)27-9-15-20-17(23)16-12-4-2-3-5-14(12)28-18(16)21-15/h6-8H,2-5,9H2,1H3,(H,20,21,23). The Morgan fingerprint density at radius 1 is 1.36 bits per heavy atom. The molecule has 3 aromatic rings. The zero-order valence-electron chi connectivity index (χ0n) is 15.1. The minimum Gasteiger partial charge on any atom is -0.454 e. The molecule has 0 spiro atoms. The Morgan fingerprint density at radius 2 is 2.14 bits per heavy atom. The molecule has 1 aliphatic rings. The van der Waals surface area contributed by atoms with Gasteiger partial charge in [-0.05, 0) is 50.3 Å². The van der Waals surface area contributed by atoms with Crippen LogP contribution in [0.2, 0.25) is 0 Å². The number of rotatable bonds is 4. The van der Waals surface area contributed by atoms with E-state index in [9.17, 15) is 19.7 Å². The molecular formula is C19H17N3O5S. The third kappa shape index (κ3) is 3.29. The van der Waals surface area contributed by atoms with E-state index in [0.29, 0.717) is 15.8 Å². The summed E-state index contributed by atoms with van der Waals surface area (Å²) in [6.45, 7) is 1.38. The van der Waals surface area contributed by atoms with Crippen molar-refractivity contribution < 1.29 is 14.5 Å². The fraction of sp³-hybridized carbons (Fsp3) is 0.316. The van der Waals surface area contributed by atoms with Crippen LogP contribution in [0.25, 0.3) is 10.2 Å². The molecule has 144 valence electrons. The average molecular weight is 399 g/mol. The number of nitro groups is 1. The van der Waals surface area contributed by atoms with E-state index < -0.39 is 10.9 Å². The van der Waals surface area contributed by atoms with Gasteiger partial charge in [0.1, 0.15) is 17.3 Å². The van der Waals surface area contributed by atoms with Crippen molar-refractivity contribution in [3.8, 4) is 0 Å². The Kier molecular flexibility index (Phi) is 4.68. The lowest BCUT2D eigenvalue weighted by Crippen LogP contribution is -2.15. The van der Waals surface area contributed by atoms with Gasteiger partial charge in [-0.3, -0.25) is 14.9 Å². The number of benzene rings is 1. The Bertz CT molecular complexity index is 1160. The zero-order chi connectivity index (χ0) is 19.8. The number of aromatic nitrogens is 2. The van der Waals surface area contributed by atoms with Crippen LogP contribution in [0.4, 0.5) is 5.69 Å². The van der Waals surface area contributed by atoms with Gasteiger partial charge < -0.3 is 9.72 Å². The van der Waals surface area contributed by atoms with Crippen molar-refractivity contribution in [2.45, 2.75) is 39.2 Å². The molecule has 2 heterocycles. The predicted octanol–water partition coefficient (Wildman–Crippen LogP) is 3.44. The average Bonchev–Trinajstić information content (AvgIpc) is 3.04. The molecule has 0 saturated carbocycles. The second-order valence-electron chi connectivity index (χ2n) is 6.74. The Labute approximate surface area is 163 Å². The number of nitrogens with one attached hydrogen (secondary N) is 1. The molecule has 0 radical (unpaired) electrons. The molecule has 0 atom stereocenters. The Hall–Kier alpha value is -3.07. The van der Waals surface area contributed by atoms with Crippen molar-refractivity contribution >= 4 is 33.2 Å². The largest absolute Gasteiger partial charge is 0.454 e. The highest BCUT2D eigenvalue weighted by Crippen LogP contribution is 2.33. The highest BCUT2D eigenvalue weighted by molar-refractivity contribution is 7.18. The summed E-state index contributed by atoms with van der Waals surface area (Å²) >= 11 is 1.53. The molecule has 2 aromatic heterocycles. The fourth-order valence-electron chi connectivity index (χ4n) is 3.48. The molecule has 9 heteroatoms. The maximum atomic E-state index is 12.5. The molecule has 0 saturated heterocycles. The van der Waals surface area contributed by atoms with Crippen molar-refractivity contribution in [1.82, 2.24) is 9.97 Å². The van der Waals surface area contributed by atoms with Gasteiger partial charge in [0, 0.05) is 16.5 Å². The smallest absolute Gasteiger partial charge is 0.338 e.